The molecule has 2 aliphatic heterocycles. The molecule has 0 spiro atoms. The summed E-state index contributed by atoms with van der Waals surface area (Å²) in [7, 11) is 0. The minimum atomic E-state index is -0.900. The molecule has 4 nitrogen and oxygen atoms in total. The molecule has 0 radical (unpaired) electrons. The lowest BCUT2D eigenvalue weighted by atomic mass is 10.0. The number of carbonyl (C=O) groups is 1. The van der Waals surface area contributed by atoms with Crippen molar-refractivity contribution in [3.05, 3.63) is 29.3 Å². The zero-order chi connectivity index (χ0) is 19.3. The number of ether oxygens (including phenoxy) is 1. The van der Waals surface area contributed by atoms with Gasteiger partial charge >= 0.3 is 0 Å². The van der Waals surface area contributed by atoms with E-state index >= 15 is 0 Å². The highest BCUT2D eigenvalue weighted by Crippen LogP contribution is 2.26. The highest BCUT2D eigenvalue weighted by molar-refractivity contribution is 7.99. The Hall–Kier alpha value is -0.910. The van der Waals surface area contributed by atoms with E-state index in [2.05, 4.69) is 9.80 Å². The van der Waals surface area contributed by atoms with Gasteiger partial charge in [0, 0.05) is 23.9 Å². The summed E-state index contributed by atoms with van der Waals surface area (Å²) in [6.07, 6.45) is 4.93. The second-order valence-corrected chi connectivity index (χ2v) is 9.59. The van der Waals surface area contributed by atoms with Crippen LogP contribution in [0, 0.1) is 0 Å². The summed E-state index contributed by atoms with van der Waals surface area (Å²) in [4.78, 5) is 18.1. The van der Waals surface area contributed by atoms with Gasteiger partial charge in [-0.15, -0.1) is 0 Å². The molecule has 1 atom stereocenters. The third-order valence-corrected chi connectivity index (χ3v) is 6.77. The second-order valence-electron chi connectivity index (χ2n) is 8.01. The highest BCUT2D eigenvalue weighted by Gasteiger charge is 2.38. The predicted octanol–water partition coefficient (Wildman–Crippen LogP) is 4.32. The van der Waals surface area contributed by atoms with Gasteiger partial charge in [-0.2, -0.15) is 11.8 Å². The number of hydrogen-bond acceptors (Lipinski definition) is 4. The van der Waals surface area contributed by atoms with Crippen molar-refractivity contribution in [1.82, 2.24) is 9.80 Å². The fourth-order valence-electron chi connectivity index (χ4n) is 3.87. The van der Waals surface area contributed by atoms with Gasteiger partial charge in [-0.3, -0.25) is 4.79 Å². The zero-order valence-corrected chi connectivity index (χ0v) is 18.0. The first-order valence-corrected chi connectivity index (χ1v) is 11.5. The van der Waals surface area contributed by atoms with Gasteiger partial charge in [0.1, 0.15) is 5.75 Å². The lowest BCUT2D eigenvalue weighted by Crippen LogP contribution is -2.56. The number of hydrogen-bond donors (Lipinski definition) is 0. The molecule has 3 rings (SSSR count). The van der Waals surface area contributed by atoms with Crippen LogP contribution in [-0.2, 0) is 4.79 Å². The number of halogens is 1. The number of likely N-dealkylation sites (tertiary alicyclic amines) is 1. The first-order chi connectivity index (χ1) is 13.0. The molecule has 150 valence electrons. The average Bonchev–Trinajstić information content (AvgIpc) is 2.89. The Kier molecular flexibility index (Phi) is 7.35. The fraction of sp³-hybridized carbons (Fsp3) is 0.667. The predicted molar refractivity (Wildman–Crippen MR) is 114 cm³/mol. The Balaban J connectivity index is 1.70. The van der Waals surface area contributed by atoms with E-state index in [1.807, 2.05) is 37.7 Å². The van der Waals surface area contributed by atoms with Gasteiger partial charge in [-0.05, 0) is 76.2 Å². The maximum atomic E-state index is 13.4. The molecule has 1 amide bonds. The molecule has 6 heteroatoms. The Morgan fingerprint density at radius 1 is 1.15 bits per heavy atom. The van der Waals surface area contributed by atoms with Crippen LogP contribution < -0.4 is 4.74 Å². The van der Waals surface area contributed by atoms with Gasteiger partial charge in [0.25, 0.3) is 5.91 Å². The molecule has 2 heterocycles. The van der Waals surface area contributed by atoms with E-state index in [0.29, 0.717) is 10.8 Å². The van der Waals surface area contributed by atoms with Gasteiger partial charge in [-0.1, -0.05) is 18.0 Å². The third-order valence-electron chi connectivity index (χ3n) is 5.32. The van der Waals surface area contributed by atoms with E-state index in [-0.39, 0.29) is 11.9 Å². The molecular weight excluding hydrogens is 380 g/mol. The topological polar surface area (TPSA) is 32.8 Å². The van der Waals surface area contributed by atoms with Crippen LogP contribution in [0.4, 0.5) is 0 Å². The van der Waals surface area contributed by atoms with Crippen molar-refractivity contribution in [1.29, 1.82) is 0 Å². The Bertz CT molecular complexity index is 617. The van der Waals surface area contributed by atoms with Gasteiger partial charge in [0.15, 0.2) is 5.60 Å². The summed E-state index contributed by atoms with van der Waals surface area (Å²) < 4.78 is 6.08. The van der Waals surface area contributed by atoms with Crippen molar-refractivity contribution < 1.29 is 9.53 Å². The lowest BCUT2D eigenvalue weighted by molar-refractivity contribution is -0.148. The molecule has 0 bridgehead atoms. The summed E-state index contributed by atoms with van der Waals surface area (Å²) in [5.41, 5.74) is -0.900. The van der Waals surface area contributed by atoms with E-state index in [1.165, 1.54) is 19.3 Å². The van der Waals surface area contributed by atoms with Gasteiger partial charge in [-0.25, -0.2) is 0 Å². The lowest BCUT2D eigenvalue weighted by Gasteiger charge is -2.39. The van der Waals surface area contributed by atoms with Crippen LogP contribution in [0.5, 0.6) is 5.75 Å². The minimum Gasteiger partial charge on any atom is -0.478 e. The number of carbonyl (C=O) groups excluding carboxylic acids is 1. The van der Waals surface area contributed by atoms with E-state index in [9.17, 15) is 4.79 Å². The molecule has 27 heavy (non-hydrogen) atoms. The average molecular weight is 411 g/mol. The maximum Gasteiger partial charge on any atom is 0.266 e. The SMILES string of the molecule is CC(C)(Oc1ccc(Cl)cc1)C(=O)N1CCCSCC1CN1CCCCC1. The third kappa shape index (κ3) is 5.78. The molecule has 0 aromatic heterocycles. The monoisotopic (exact) mass is 410 g/mol. The van der Waals surface area contributed by atoms with Gasteiger partial charge in [0.05, 0.1) is 6.04 Å². The van der Waals surface area contributed by atoms with Crippen molar-refractivity contribution in [2.24, 2.45) is 0 Å². The molecule has 2 fully saturated rings. The smallest absolute Gasteiger partial charge is 0.266 e. The molecular formula is C21H31ClN2O2S. The first-order valence-electron chi connectivity index (χ1n) is 10.0. The molecule has 1 unspecified atom stereocenters. The Morgan fingerprint density at radius 3 is 2.56 bits per heavy atom. The summed E-state index contributed by atoms with van der Waals surface area (Å²) >= 11 is 7.93. The Morgan fingerprint density at radius 2 is 1.85 bits per heavy atom. The molecule has 0 N–H and O–H groups in total. The van der Waals surface area contributed by atoms with Crippen molar-refractivity contribution in [3.63, 3.8) is 0 Å². The van der Waals surface area contributed by atoms with Crippen LogP contribution in [0.25, 0.3) is 0 Å². The summed E-state index contributed by atoms with van der Waals surface area (Å²) in [6.45, 7) is 7.87. The molecule has 2 aliphatic rings. The quantitative estimate of drug-likeness (QED) is 0.723. The molecule has 1 aromatic carbocycles. The van der Waals surface area contributed by atoms with E-state index in [0.717, 1.165) is 44.1 Å². The van der Waals surface area contributed by atoms with Gasteiger partial charge < -0.3 is 14.5 Å². The summed E-state index contributed by atoms with van der Waals surface area (Å²) in [6, 6.07) is 7.48. The normalized spacial score (nSPS) is 22.3. The van der Waals surface area contributed by atoms with E-state index < -0.39 is 5.60 Å². The summed E-state index contributed by atoms with van der Waals surface area (Å²) in [5.74, 6) is 2.90. The van der Waals surface area contributed by atoms with Crippen LogP contribution in [-0.4, -0.2) is 65.0 Å². The van der Waals surface area contributed by atoms with Crippen molar-refractivity contribution >= 4 is 29.3 Å². The van der Waals surface area contributed by atoms with Crippen LogP contribution in [0.2, 0.25) is 5.02 Å². The molecule has 0 saturated carbocycles. The van der Waals surface area contributed by atoms with E-state index in [4.69, 9.17) is 16.3 Å². The van der Waals surface area contributed by atoms with Crippen LogP contribution in [0.3, 0.4) is 0 Å². The number of thioether (sulfide) groups is 1. The zero-order valence-electron chi connectivity index (χ0n) is 16.5. The van der Waals surface area contributed by atoms with Crippen molar-refractivity contribution in [2.45, 2.75) is 51.2 Å². The van der Waals surface area contributed by atoms with Crippen LogP contribution in [0.15, 0.2) is 24.3 Å². The highest BCUT2D eigenvalue weighted by atomic mass is 35.5. The minimum absolute atomic E-state index is 0.0851. The van der Waals surface area contributed by atoms with Crippen molar-refractivity contribution in [2.75, 3.05) is 37.7 Å². The molecule has 1 aromatic rings. The summed E-state index contributed by atoms with van der Waals surface area (Å²) in [5, 5.41) is 0.664. The number of nitrogens with zero attached hydrogens (tertiary/aromatic N) is 2. The molecule has 0 aliphatic carbocycles. The number of piperidine rings is 1. The van der Waals surface area contributed by atoms with Crippen molar-refractivity contribution in [3.8, 4) is 5.75 Å². The fourth-order valence-corrected chi connectivity index (χ4v) is 5.06. The van der Waals surface area contributed by atoms with Gasteiger partial charge in [0.2, 0.25) is 0 Å². The van der Waals surface area contributed by atoms with Crippen LogP contribution >= 0.6 is 23.4 Å². The molecule has 2 saturated heterocycles. The number of rotatable bonds is 5. The number of benzene rings is 1. The standard InChI is InChI=1S/C21H31ClN2O2S/c1-21(2,26-19-9-7-17(22)8-10-19)20(25)24-13-6-14-27-16-18(24)15-23-11-4-3-5-12-23/h7-10,18H,3-6,11-16H2,1-2H3. The first kappa shape index (κ1) is 20.8. The second kappa shape index (κ2) is 9.53. The van der Waals surface area contributed by atoms with E-state index in [1.54, 1.807) is 12.1 Å². The number of amides is 1. The maximum absolute atomic E-state index is 13.4. The Labute approximate surface area is 172 Å². The largest absolute Gasteiger partial charge is 0.478 e. The van der Waals surface area contributed by atoms with Crippen LogP contribution in [0.1, 0.15) is 39.5 Å².